The van der Waals surface area contributed by atoms with Gasteiger partial charge in [0.05, 0.1) is 15.0 Å². The number of piperazine rings is 1. The zero-order valence-corrected chi connectivity index (χ0v) is 20.2. The van der Waals surface area contributed by atoms with Gasteiger partial charge in [-0.2, -0.15) is 4.31 Å². The molecule has 0 atom stereocenters. The molecule has 0 spiro atoms. The van der Waals surface area contributed by atoms with Crippen LogP contribution in [0.4, 0.5) is 5.69 Å². The fourth-order valence-electron chi connectivity index (χ4n) is 4.30. The van der Waals surface area contributed by atoms with Crippen LogP contribution in [0.2, 0.25) is 0 Å². The normalized spacial score (nSPS) is 18.9. The van der Waals surface area contributed by atoms with E-state index in [1.54, 1.807) is 24.3 Å². The summed E-state index contributed by atoms with van der Waals surface area (Å²) in [6, 6.07) is 12.1. The van der Waals surface area contributed by atoms with Gasteiger partial charge in [-0.25, -0.2) is 16.8 Å². The summed E-state index contributed by atoms with van der Waals surface area (Å²) in [5, 5.41) is 2.39. The average molecular weight is 492 g/mol. The standard InChI is InChI=1S/C23H29N3O5S2/c1-25-13-15-26(16-14-25)33(30,31)22-8-4-5-18(17-22)23(27)24-19-9-11-21(12-10-19)32(28,29)20-6-2-3-7-20/h4-5,8-12,17,20H,2-3,6-7,13-16H2,1H3,(H,24,27). The SMILES string of the molecule is CN1CCN(S(=O)(=O)c2cccc(C(=O)Nc3ccc(S(=O)(=O)C4CCCC4)cc3)c2)CC1. The molecule has 33 heavy (non-hydrogen) atoms. The molecule has 4 rings (SSSR count). The molecule has 0 bridgehead atoms. The molecule has 2 fully saturated rings. The van der Waals surface area contributed by atoms with Crippen molar-refractivity contribution < 1.29 is 21.6 Å². The highest BCUT2D eigenvalue weighted by atomic mass is 32.2. The minimum absolute atomic E-state index is 0.0812. The lowest BCUT2D eigenvalue weighted by molar-refractivity contribution is 0.102. The Morgan fingerprint density at radius 3 is 2.15 bits per heavy atom. The monoisotopic (exact) mass is 491 g/mol. The summed E-state index contributed by atoms with van der Waals surface area (Å²) in [5.74, 6) is -0.461. The Morgan fingerprint density at radius 2 is 1.52 bits per heavy atom. The number of sulfonamides is 1. The van der Waals surface area contributed by atoms with Gasteiger partial charge in [0, 0.05) is 37.4 Å². The molecule has 8 nitrogen and oxygen atoms in total. The number of rotatable bonds is 6. The van der Waals surface area contributed by atoms with E-state index in [9.17, 15) is 21.6 Å². The first kappa shape index (κ1) is 23.9. The second-order valence-electron chi connectivity index (χ2n) is 8.67. The fourth-order valence-corrected chi connectivity index (χ4v) is 7.62. The maximum absolute atomic E-state index is 13.0. The largest absolute Gasteiger partial charge is 0.322 e. The third kappa shape index (κ3) is 5.13. The number of nitrogens with zero attached hydrogens (tertiary/aromatic N) is 2. The summed E-state index contributed by atoms with van der Waals surface area (Å²) in [5.41, 5.74) is 0.658. The predicted molar refractivity (Wildman–Crippen MR) is 127 cm³/mol. The van der Waals surface area contributed by atoms with E-state index in [4.69, 9.17) is 0 Å². The van der Waals surface area contributed by atoms with Gasteiger partial charge in [-0.15, -0.1) is 0 Å². The highest BCUT2D eigenvalue weighted by molar-refractivity contribution is 7.92. The molecular formula is C23H29N3O5S2. The predicted octanol–water partition coefficient (Wildman–Crippen LogP) is 2.59. The summed E-state index contributed by atoms with van der Waals surface area (Å²) in [4.78, 5) is 15.2. The number of hydrogen-bond acceptors (Lipinski definition) is 6. The molecule has 2 aromatic rings. The quantitative estimate of drug-likeness (QED) is 0.666. The van der Waals surface area contributed by atoms with Gasteiger partial charge < -0.3 is 10.2 Å². The van der Waals surface area contributed by atoms with E-state index < -0.39 is 25.8 Å². The number of amides is 1. The number of nitrogens with one attached hydrogen (secondary N) is 1. The van der Waals surface area contributed by atoms with E-state index in [2.05, 4.69) is 10.2 Å². The van der Waals surface area contributed by atoms with Crippen molar-refractivity contribution in [2.45, 2.75) is 40.7 Å². The molecule has 0 unspecified atom stereocenters. The number of anilines is 1. The number of carbonyl (C=O) groups is 1. The molecule has 1 N–H and O–H groups in total. The smallest absolute Gasteiger partial charge is 0.255 e. The molecule has 1 saturated heterocycles. The Hall–Kier alpha value is -2.27. The summed E-state index contributed by atoms with van der Waals surface area (Å²) < 4.78 is 52.8. The van der Waals surface area contributed by atoms with E-state index >= 15 is 0 Å². The molecule has 0 radical (unpaired) electrons. The summed E-state index contributed by atoms with van der Waals surface area (Å²) >= 11 is 0. The Kier molecular flexibility index (Phi) is 6.90. The third-order valence-corrected chi connectivity index (χ3v) is 10.6. The number of carbonyl (C=O) groups excluding carboxylic acids is 1. The molecule has 1 aliphatic carbocycles. The first-order valence-electron chi connectivity index (χ1n) is 11.1. The van der Waals surface area contributed by atoms with Crippen LogP contribution in [-0.2, 0) is 19.9 Å². The zero-order valence-electron chi connectivity index (χ0n) is 18.6. The first-order chi connectivity index (χ1) is 15.7. The van der Waals surface area contributed by atoms with Crippen molar-refractivity contribution in [3.05, 3.63) is 54.1 Å². The average Bonchev–Trinajstić information content (AvgIpc) is 3.36. The van der Waals surface area contributed by atoms with Gasteiger partial charge in [-0.1, -0.05) is 18.9 Å². The van der Waals surface area contributed by atoms with Crippen LogP contribution in [0, 0.1) is 0 Å². The van der Waals surface area contributed by atoms with Crippen LogP contribution >= 0.6 is 0 Å². The molecule has 178 valence electrons. The second-order valence-corrected chi connectivity index (χ2v) is 12.8. The van der Waals surface area contributed by atoms with E-state index in [0.29, 0.717) is 44.7 Å². The lowest BCUT2D eigenvalue weighted by Gasteiger charge is -2.31. The van der Waals surface area contributed by atoms with Crippen LogP contribution < -0.4 is 5.32 Å². The van der Waals surface area contributed by atoms with Crippen molar-refractivity contribution in [3.63, 3.8) is 0 Å². The van der Waals surface area contributed by atoms with Gasteiger partial charge >= 0.3 is 0 Å². The Balaban J connectivity index is 1.47. The third-order valence-electron chi connectivity index (χ3n) is 6.38. The number of sulfone groups is 1. The van der Waals surface area contributed by atoms with E-state index in [-0.39, 0.29) is 20.6 Å². The van der Waals surface area contributed by atoms with Crippen LogP contribution in [0.15, 0.2) is 58.3 Å². The molecule has 10 heteroatoms. The molecule has 1 heterocycles. The minimum atomic E-state index is -3.68. The highest BCUT2D eigenvalue weighted by Crippen LogP contribution is 2.30. The topological polar surface area (TPSA) is 104 Å². The number of likely N-dealkylation sites (N-methyl/N-ethyl adjacent to an activating group) is 1. The maximum atomic E-state index is 13.0. The molecule has 0 aromatic heterocycles. The van der Waals surface area contributed by atoms with Gasteiger partial charge in [-0.05, 0) is 62.4 Å². The van der Waals surface area contributed by atoms with Gasteiger partial charge in [0.25, 0.3) is 5.91 Å². The summed E-state index contributed by atoms with van der Waals surface area (Å²) in [6.45, 7) is 2.13. The molecule has 2 aromatic carbocycles. The fraction of sp³-hybridized carbons (Fsp3) is 0.435. The first-order valence-corrected chi connectivity index (χ1v) is 14.1. The van der Waals surface area contributed by atoms with Gasteiger partial charge in [0.15, 0.2) is 9.84 Å². The van der Waals surface area contributed by atoms with Crippen molar-refractivity contribution in [1.29, 1.82) is 0 Å². The lowest BCUT2D eigenvalue weighted by Crippen LogP contribution is -2.47. The van der Waals surface area contributed by atoms with E-state index in [1.165, 1.54) is 28.6 Å². The zero-order chi connectivity index (χ0) is 23.6. The van der Waals surface area contributed by atoms with Crippen molar-refractivity contribution in [2.75, 3.05) is 38.5 Å². The van der Waals surface area contributed by atoms with Crippen LogP contribution in [-0.4, -0.2) is 70.4 Å². The maximum Gasteiger partial charge on any atom is 0.255 e. The van der Waals surface area contributed by atoms with Crippen LogP contribution in [0.1, 0.15) is 36.0 Å². The van der Waals surface area contributed by atoms with E-state index in [0.717, 1.165) is 12.8 Å². The highest BCUT2D eigenvalue weighted by Gasteiger charge is 2.30. The van der Waals surface area contributed by atoms with Gasteiger partial charge in [0.1, 0.15) is 0 Å². The second kappa shape index (κ2) is 9.54. The Labute approximate surface area is 195 Å². The van der Waals surface area contributed by atoms with Crippen LogP contribution in [0.3, 0.4) is 0 Å². The van der Waals surface area contributed by atoms with Crippen molar-refractivity contribution in [1.82, 2.24) is 9.21 Å². The number of hydrogen-bond donors (Lipinski definition) is 1. The van der Waals surface area contributed by atoms with Crippen LogP contribution in [0.25, 0.3) is 0 Å². The van der Waals surface area contributed by atoms with E-state index in [1.807, 2.05) is 7.05 Å². The van der Waals surface area contributed by atoms with Crippen molar-refractivity contribution >= 4 is 31.5 Å². The Morgan fingerprint density at radius 1 is 0.879 bits per heavy atom. The lowest BCUT2D eigenvalue weighted by atomic mass is 10.2. The molecule has 2 aliphatic rings. The van der Waals surface area contributed by atoms with Gasteiger partial charge in [-0.3, -0.25) is 4.79 Å². The van der Waals surface area contributed by atoms with Crippen molar-refractivity contribution in [3.8, 4) is 0 Å². The van der Waals surface area contributed by atoms with Crippen molar-refractivity contribution in [2.24, 2.45) is 0 Å². The molecule has 1 amide bonds. The van der Waals surface area contributed by atoms with Gasteiger partial charge in [0.2, 0.25) is 10.0 Å². The minimum Gasteiger partial charge on any atom is -0.322 e. The van der Waals surface area contributed by atoms with Crippen LogP contribution in [0.5, 0.6) is 0 Å². The summed E-state index contributed by atoms with van der Waals surface area (Å²) in [6.07, 6.45) is 3.24. The molecule has 1 aliphatic heterocycles. The molecule has 1 saturated carbocycles. The number of benzene rings is 2. The summed E-state index contributed by atoms with van der Waals surface area (Å²) in [7, 11) is -5.09. The molecular weight excluding hydrogens is 462 g/mol. The Bertz CT molecular complexity index is 1210.